The molecule has 0 bridgehead atoms. The van der Waals surface area contributed by atoms with Gasteiger partial charge in [-0.2, -0.15) is 0 Å². The van der Waals surface area contributed by atoms with Crippen molar-refractivity contribution in [3.63, 3.8) is 0 Å². The van der Waals surface area contributed by atoms with Crippen molar-refractivity contribution in [3.8, 4) is 0 Å². The van der Waals surface area contributed by atoms with Gasteiger partial charge in [0.25, 0.3) is 0 Å². The fraction of sp³-hybridized carbons (Fsp3) is 0.350. The summed E-state index contributed by atoms with van der Waals surface area (Å²) in [4.78, 5) is 14.5. The van der Waals surface area contributed by atoms with Crippen LogP contribution in [-0.2, 0) is 17.9 Å². The van der Waals surface area contributed by atoms with Crippen LogP contribution in [0.2, 0.25) is 0 Å². The van der Waals surface area contributed by atoms with E-state index in [0.29, 0.717) is 13.1 Å². The summed E-state index contributed by atoms with van der Waals surface area (Å²) in [7, 11) is 0. The van der Waals surface area contributed by atoms with Gasteiger partial charge in [-0.05, 0) is 49.2 Å². The van der Waals surface area contributed by atoms with E-state index in [4.69, 9.17) is 0 Å². The summed E-state index contributed by atoms with van der Waals surface area (Å²) >= 11 is 0. The van der Waals surface area contributed by atoms with Crippen molar-refractivity contribution >= 4 is 5.91 Å². The molecule has 1 aliphatic rings. The van der Waals surface area contributed by atoms with E-state index in [9.17, 15) is 13.6 Å². The van der Waals surface area contributed by atoms with Crippen molar-refractivity contribution in [2.75, 3.05) is 13.1 Å². The van der Waals surface area contributed by atoms with Crippen molar-refractivity contribution in [2.24, 2.45) is 5.92 Å². The Hall–Kier alpha value is -2.27. The van der Waals surface area contributed by atoms with Crippen LogP contribution in [0.1, 0.15) is 24.0 Å². The highest BCUT2D eigenvalue weighted by Gasteiger charge is 2.24. The summed E-state index contributed by atoms with van der Waals surface area (Å²) in [6.07, 6.45) is 1.56. The number of piperidine rings is 1. The van der Waals surface area contributed by atoms with E-state index in [1.165, 1.54) is 6.07 Å². The van der Waals surface area contributed by atoms with Crippen LogP contribution >= 0.6 is 0 Å². The zero-order valence-corrected chi connectivity index (χ0v) is 14.1. The van der Waals surface area contributed by atoms with Crippen LogP contribution in [0.15, 0.2) is 48.5 Å². The molecule has 3 rings (SSSR count). The third-order valence-electron chi connectivity index (χ3n) is 4.66. The number of hydrogen-bond donors (Lipinski definition) is 1. The summed E-state index contributed by atoms with van der Waals surface area (Å²) in [6, 6.07) is 13.9. The van der Waals surface area contributed by atoms with Gasteiger partial charge < -0.3 is 5.32 Å². The van der Waals surface area contributed by atoms with Crippen LogP contribution in [0.4, 0.5) is 8.78 Å². The predicted molar refractivity (Wildman–Crippen MR) is 92.6 cm³/mol. The number of rotatable bonds is 5. The lowest BCUT2D eigenvalue weighted by Crippen LogP contribution is -2.40. The van der Waals surface area contributed by atoms with Crippen molar-refractivity contribution in [3.05, 3.63) is 71.3 Å². The van der Waals surface area contributed by atoms with Crippen molar-refractivity contribution in [1.82, 2.24) is 10.2 Å². The molecule has 1 saturated heterocycles. The summed E-state index contributed by atoms with van der Waals surface area (Å²) in [5.41, 5.74) is 1.84. The van der Waals surface area contributed by atoms with Crippen molar-refractivity contribution < 1.29 is 13.6 Å². The van der Waals surface area contributed by atoms with E-state index in [0.717, 1.165) is 43.1 Å². The van der Waals surface area contributed by atoms with Gasteiger partial charge in [-0.1, -0.05) is 36.4 Å². The van der Waals surface area contributed by atoms with Gasteiger partial charge in [-0.25, -0.2) is 8.78 Å². The highest BCUT2D eigenvalue weighted by atomic mass is 19.2. The molecule has 3 nitrogen and oxygen atoms in total. The second-order valence-electron chi connectivity index (χ2n) is 6.50. The fourth-order valence-electron chi connectivity index (χ4n) is 3.18. The first kappa shape index (κ1) is 17.5. The Balaban J connectivity index is 1.44. The minimum atomic E-state index is -0.822. The summed E-state index contributed by atoms with van der Waals surface area (Å²) in [5.74, 6) is -1.52. The van der Waals surface area contributed by atoms with Gasteiger partial charge in [0.05, 0.1) is 0 Å². The van der Waals surface area contributed by atoms with E-state index in [1.807, 2.05) is 30.3 Å². The molecule has 0 aromatic heterocycles. The van der Waals surface area contributed by atoms with Gasteiger partial charge in [0.15, 0.2) is 11.6 Å². The number of halogens is 2. The molecule has 1 aliphatic heterocycles. The van der Waals surface area contributed by atoms with Gasteiger partial charge in [0.1, 0.15) is 0 Å². The summed E-state index contributed by atoms with van der Waals surface area (Å²) < 4.78 is 26.3. The Morgan fingerprint density at radius 1 is 1.00 bits per heavy atom. The SMILES string of the molecule is O=C(NCc1ccccc1)C1CCN(Cc2ccc(F)c(F)c2)CC1. The Kier molecular flexibility index (Phi) is 5.76. The lowest BCUT2D eigenvalue weighted by molar-refractivity contribution is -0.126. The minimum absolute atomic E-state index is 0.0184. The Morgan fingerprint density at radius 2 is 1.72 bits per heavy atom. The second-order valence-corrected chi connectivity index (χ2v) is 6.50. The van der Waals surface area contributed by atoms with Gasteiger partial charge >= 0.3 is 0 Å². The second kappa shape index (κ2) is 8.21. The van der Waals surface area contributed by atoms with Crippen LogP contribution in [0, 0.1) is 17.6 Å². The first-order chi connectivity index (χ1) is 12.1. The Bertz CT molecular complexity index is 713. The van der Waals surface area contributed by atoms with Gasteiger partial charge in [0, 0.05) is 19.0 Å². The van der Waals surface area contributed by atoms with E-state index < -0.39 is 11.6 Å². The van der Waals surface area contributed by atoms with Crippen LogP contribution in [0.5, 0.6) is 0 Å². The van der Waals surface area contributed by atoms with Crippen molar-refractivity contribution in [2.45, 2.75) is 25.9 Å². The molecule has 0 spiro atoms. The zero-order chi connectivity index (χ0) is 17.6. The summed E-state index contributed by atoms with van der Waals surface area (Å²) in [6.45, 7) is 2.69. The van der Waals surface area contributed by atoms with E-state index in [1.54, 1.807) is 6.07 Å². The number of nitrogens with one attached hydrogen (secondary N) is 1. The quantitative estimate of drug-likeness (QED) is 0.900. The van der Waals surface area contributed by atoms with Gasteiger partial charge in [-0.15, -0.1) is 0 Å². The molecule has 1 N–H and O–H groups in total. The van der Waals surface area contributed by atoms with Crippen LogP contribution in [-0.4, -0.2) is 23.9 Å². The number of likely N-dealkylation sites (tertiary alicyclic amines) is 1. The van der Waals surface area contributed by atoms with Gasteiger partial charge in [0.2, 0.25) is 5.91 Å². The lowest BCUT2D eigenvalue weighted by atomic mass is 9.95. The maximum atomic E-state index is 13.3. The topological polar surface area (TPSA) is 32.3 Å². The molecular formula is C20H22F2N2O. The standard InChI is InChI=1S/C20H22F2N2O/c21-18-7-6-16(12-19(18)22)14-24-10-8-17(9-11-24)20(25)23-13-15-4-2-1-3-5-15/h1-7,12,17H,8-11,13-14H2,(H,23,25). The largest absolute Gasteiger partial charge is 0.352 e. The molecule has 0 aliphatic carbocycles. The number of hydrogen-bond acceptors (Lipinski definition) is 2. The number of nitrogens with zero attached hydrogens (tertiary/aromatic N) is 1. The molecule has 2 aromatic rings. The number of amides is 1. The highest BCUT2D eigenvalue weighted by Crippen LogP contribution is 2.20. The Morgan fingerprint density at radius 3 is 2.40 bits per heavy atom. The molecule has 5 heteroatoms. The third kappa shape index (κ3) is 4.86. The third-order valence-corrected chi connectivity index (χ3v) is 4.66. The predicted octanol–water partition coefficient (Wildman–Crippen LogP) is 3.49. The smallest absolute Gasteiger partial charge is 0.223 e. The first-order valence-electron chi connectivity index (χ1n) is 8.60. The average molecular weight is 344 g/mol. The van der Waals surface area contributed by atoms with Gasteiger partial charge in [-0.3, -0.25) is 9.69 Å². The fourth-order valence-corrected chi connectivity index (χ4v) is 3.18. The molecule has 1 heterocycles. The van der Waals surface area contributed by atoms with E-state index >= 15 is 0 Å². The maximum Gasteiger partial charge on any atom is 0.223 e. The van der Waals surface area contributed by atoms with Crippen molar-refractivity contribution in [1.29, 1.82) is 0 Å². The number of benzene rings is 2. The van der Waals surface area contributed by atoms with E-state index in [2.05, 4.69) is 10.2 Å². The monoisotopic (exact) mass is 344 g/mol. The Labute approximate surface area is 146 Å². The molecule has 0 saturated carbocycles. The molecule has 1 fully saturated rings. The molecule has 0 radical (unpaired) electrons. The molecule has 0 atom stereocenters. The molecular weight excluding hydrogens is 322 g/mol. The van der Waals surface area contributed by atoms with Crippen LogP contribution < -0.4 is 5.32 Å². The highest BCUT2D eigenvalue weighted by molar-refractivity contribution is 5.78. The molecule has 25 heavy (non-hydrogen) atoms. The number of carbonyl (C=O) groups excluding carboxylic acids is 1. The minimum Gasteiger partial charge on any atom is -0.352 e. The normalized spacial score (nSPS) is 15.9. The molecule has 1 amide bonds. The summed E-state index contributed by atoms with van der Waals surface area (Å²) in [5, 5.41) is 3.00. The number of carbonyl (C=O) groups is 1. The zero-order valence-electron chi connectivity index (χ0n) is 14.1. The van der Waals surface area contributed by atoms with Crippen LogP contribution in [0.3, 0.4) is 0 Å². The van der Waals surface area contributed by atoms with E-state index in [-0.39, 0.29) is 11.8 Å². The molecule has 0 unspecified atom stereocenters. The molecule has 132 valence electrons. The average Bonchev–Trinajstić information content (AvgIpc) is 2.64. The first-order valence-corrected chi connectivity index (χ1v) is 8.60. The molecule has 2 aromatic carbocycles. The maximum absolute atomic E-state index is 13.3. The van der Waals surface area contributed by atoms with Crippen LogP contribution in [0.25, 0.3) is 0 Å². The lowest BCUT2D eigenvalue weighted by Gasteiger charge is -2.31.